The minimum atomic E-state index is 0.696. The first-order valence-corrected chi connectivity index (χ1v) is 12.6. The van der Waals surface area contributed by atoms with Crippen LogP contribution in [-0.2, 0) is 6.54 Å². The standard InChI is InChI=1S/C28H25N5S/c1-2-8-21(9-3-1)25-19-34-28(32-25)22-14-12-20(13-15-22)18-29-26-27(33-16-6-7-17-33)31-24-11-5-4-10-23(24)30-26/h1-5,8-15,19H,6-7,16-18H2,(H,29,30). The summed E-state index contributed by atoms with van der Waals surface area (Å²) in [5.41, 5.74) is 6.37. The average molecular weight is 464 g/mol. The van der Waals surface area contributed by atoms with Crippen LogP contribution in [0.15, 0.2) is 84.2 Å². The topological polar surface area (TPSA) is 53.9 Å². The fourth-order valence-electron chi connectivity index (χ4n) is 4.36. The molecule has 6 heteroatoms. The van der Waals surface area contributed by atoms with Crippen LogP contribution < -0.4 is 10.2 Å². The summed E-state index contributed by atoms with van der Waals surface area (Å²) in [6, 6.07) is 27.0. The van der Waals surface area contributed by atoms with Crippen LogP contribution in [0.4, 0.5) is 11.6 Å². The molecule has 1 saturated heterocycles. The van der Waals surface area contributed by atoms with Gasteiger partial charge in [0, 0.05) is 36.1 Å². The van der Waals surface area contributed by atoms with E-state index in [1.165, 1.54) is 18.4 Å². The predicted octanol–water partition coefficient (Wildman–Crippen LogP) is 6.63. The van der Waals surface area contributed by atoms with Gasteiger partial charge >= 0.3 is 0 Å². The van der Waals surface area contributed by atoms with Gasteiger partial charge in [-0.2, -0.15) is 0 Å². The highest BCUT2D eigenvalue weighted by Crippen LogP contribution is 2.30. The second-order valence-corrected chi connectivity index (χ2v) is 9.39. The Kier molecular flexibility index (Phi) is 5.65. The number of anilines is 2. The highest BCUT2D eigenvalue weighted by Gasteiger charge is 2.19. The molecule has 3 heterocycles. The van der Waals surface area contributed by atoms with Crippen molar-refractivity contribution in [2.45, 2.75) is 19.4 Å². The lowest BCUT2D eigenvalue weighted by Gasteiger charge is -2.20. The van der Waals surface area contributed by atoms with Crippen molar-refractivity contribution in [2.24, 2.45) is 0 Å². The normalized spacial score (nSPS) is 13.5. The van der Waals surface area contributed by atoms with E-state index in [1.807, 2.05) is 42.5 Å². The molecular weight excluding hydrogens is 438 g/mol. The Morgan fingerprint density at radius 3 is 2.21 bits per heavy atom. The van der Waals surface area contributed by atoms with Crippen molar-refractivity contribution in [1.29, 1.82) is 0 Å². The van der Waals surface area contributed by atoms with Gasteiger partial charge in [-0.15, -0.1) is 11.3 Å². The molecular formula is C28H25N5S. The van der Waals surface area contributed by atoms with Gasteiger partial charge in [0.05, 0.1) is 16.7 Å². The van der Waals surface area contributed by atoms with Gasteiger partial charge in [-0.3, -0.25) is 0 Å². The summed E-state index contributed by atoms with van der Waals surface area (Å²) >= 11 is 1.68. The first kappa shape index (κ1) is 20.8. The van der Waals surface area contributed by atoms with E-state index in [1.54, 1.807) is 11.3 Å². The molecule has 0 saturated carbocycles. The van der Waals surface area contributed by atoms with E-state index in [0.29, 0.717) is 6.54 Å². The maximum absolute atomic E-state index is 4.94. The zero-order chi connectivity index (χ0) is 22.7. The SMILES string of the molecule is c1ccc(-c2csc(-c3ccc(CNc4nc5ccccc5nc4N4CCCC4)cc3)n2)cc1. The van der Waals surface area contributed by atoms with E-state index >= 15 is 0 Å². The Morgan fingerprint density at radius 1 is 0.735 bits per heavy atom. The number of thiazole rings is 1. The Balaban J connectivity index is 1.20. The molecule has 0 atom stereocenters. The fourth-order valence-corrected chi connectivity index (χ4v) is 5.19. The van der Waals surface area contributed by atoms with Crippen LogP contribution in [0, 0.1) is 0 Å². The molecule has 0 unspecified atom stereocenters. The lowest BCUT2D eigenvalue weighted by molar-refractivity contribution is 0.932. The Labute approximate surface area is 203 Å². The van der Waals surface area contributed by atoms with Crippen molar-refractivity contribution in [2.75, 3.05) is 23.3 Å². The number of nitrogens with zero attached hydrogens (tertiary/aromatic N) is 4. The highest BCUT2D eigenvalue weighted by molar-refractivity contribution is 7.13. The molecule has 6 rings (SSSR count). The molecule has 0 amide bonds. The van der Waals surface area contributed by atoms with Crippen molar-refractivity contribution in [3.8, 4) is 21.8 Å². The lowest BCUT2D eigenvalue weighted by atomic mass is 10.1. The van der Waals surface area contributed by atoms with Crippen molar-refractivity contribution in [1.82, 2.24) is 15.0 Å². The Morgan fingerprint density at radius 2 is 1.44 bits per heavy atom. The Hall–Kier alpha value is -3.77. The highest BCUT2D eigenvalue weighted by atomic mass is 32.1. The predicted molar refractivity (Wildman–Crippen MR) is 141 cm³/mol. The second-order valence-electron chi connectivity index (χ2n) is 8.53. The van der Waals surface area contributed by atoms with E-state index in [-0.39, 0.29) is 0 Å². The summed E-state index contributed by atoms with van der Waals surface area (Å²) in [5.74, 6) is 1.82. The number of fused-ring (bicyclic) bond motifs is 1. The minimum Gasteiger partial charge on any atom is -0.363 e. The molecule has 34 heavy (non-hydrogen) atoms. The molecule has 5 nitrogen and oxygen atoms in total. The van der Waals surface area contributed by atoms with Crippen LogP contribution in [0.1, 0.15) is 18.4 Å². The summed E-state index contributed by atoms with van der Waals surface area (Å²) in [5, 5.41) is 6.72. The average Bonchev–Trinajstić information content (AvgIpc) is 3.61. The lowest BCUT2D eigenvalue weighted by Crippen LogP contribution is -2.21. The molecule has 1 aliphatic rings. The quantitative estimate of drug-likeness (QED) is 0.306. The van der Waals surface area contributed by atoms with Gasteiger partial charge < -0.3 is 10.2 Å². The van der Waals surface area contributed by atoms with Crippen LogP contribution in [0.5, 0.6) is 0 Å². The van der Waals surface area contributed by atoms with Crippen molar-refractivity contribution in [3.05, 3.63) is 89.8 Å². The molecule has 3 aromatic carbocycles. The number of hydrogen-bond donors (Lipinski definition) is 1. The number of aromatic nitrogens is 3. The molecule has 2 aromatic heterocycles. The summed E-state index contributed by atoms with van der Waals surface area (Å²) in [6.45, 7) is 2.77. The van der Waals surface area contributed by atoms with E-state index in [2.05, 4.69) is 52.0 Å². The molecule has 1 fully saturated rings. The third-order valence-corrected chi connectivity index (χ3v) is 7.08. The van der Waals surface area contributed by atoms with Crippen molar-refractivity contribution in [3.63, 3.8) is 0 Å². The summed E-state index contributed by atoms with van der Waals surface area (Å²) in [6.07, 6.45) is 2.41. The molecule has 0 radical (unpaired) electrons. The van der Waals surface area contributed by atoms with E-state index < -0.39 is 0 Å². The van der Waals surface area contributed by atoms with Gasteiger partial charge in [0.1, 0.15) is 5.01 Å². The summed E-state index contributed by atoms with van der Waals surface area (Å²) < 4.78 is 0. The molecule has 0 bridgehead atoms. The molecule has 168 valence electrons. The van der Waals surface area contributed by atoms with E-state index in [4.69, 9.17) is 15.0 Å². The van der Waals surface area contributed by atoms with Gasteiger partial charge in [-0.25, -0.2) is 15.0 Å². The molecule has 5 aromatic rings. The fraction of sp³-hybridized carbons (Fsp3) is 0.179. The van der Waals surface area contributed by atoms with Gasteiger partial charge in [-0.05, 0) is 30.5 Å². The zero-order valence-corrected chi connectivity index (χ0v) is 19.6. The number of para-hydroxylation sites is 2. The maximum atomic E-state index is 4.94. The molecule has 0 spiro atoms. The largest absolute Gasteiger partial charge is 0.363 e. The van der Waals surface area contributed by atoms with Crippen LogP contribution in [0.2, 0.25) is 0 Å². The van der Waals surface area contributed by atoms with Crippen LogP contribution >= 0.6 is 11.3 Å². The van der Waals surface area contributed by atoms with Gasteiger partial charge in [-0.1, -0.05) is 66.7 Å². The molecule has 1 aliphatic heterocycles. The number of benzene rings is 3. The second kappa shape index (κ2) is 9.23. The van der Waals surface area contributed by atoms with Gasteiger partial charge in [0.2, 0.25) is 0 Å². The number of nitrogens with one attached hydrogen (secondary N) is 1. The van der Waals surface area contributed by atoms with Crippen LogP contribution in [0.25, 0.3) is 32.9 Å². The number of rotatable bonds is 6. The molecule has 1 N–H and O–H groups in total. The smallest absolute Gasteiger partial charge is 0.172 e. The number of hydrogen-bond acceptors (Lipinski definition) is 6. The summed E-state index contributed by atoms with van der Waals surface area (Å²) in [4.78, 5) is 17.0. The van der Waals surface area contributed by atoms with Crippen molar-refractivity contribution < 1.29 is 0 Å². The minimum absolute atomic E-state index is 0.696. The first-order chi connectivity index (χ1) is 16.8. The Bertz CT molecular complexity index is 1410. The maximum Gasteiger partial charge on any atom is 0.172 e. The van der Waals surface area contributed by atoms with Crippen LogP contribution in [-0.4, -0.2) is 28.0 Å². The molecule has 0 aliphatic carbocycles. The zero-order valence-electron chi connectivity index (χ0n) is 18.8. The van der Waals surface area contributed by atoms with E-state index in [9.17, 15) is 0 Å². The van der Waals surface area contributed by atoms with Crippen LogP contribution in [0.3, 0.4) is 0 Å². The van der Waals surface area contributed by atoms with Gasteiger partial charge in [0.15, 0.2) is 11.6 Å². The summed E-state index contributed by atoms with van der Waals surface area (Å²) in [7, 11) is 0. The van der Waals surface area contributed by atoms with E-state index in [0.717, 1.165) is 57.6 Å². The third-order valence-electron chi connectivity index (χ3n) is 6.19. The monoisotopic (exact) mass is 463 g/mol. The third kappa shape index (κ3) is 4.24. The van der Waals surface area contributed by atoms with Crippen molar-refractivity contribution >= 4 is 34.0 Å². The van der Waals surface area contributed by atoms with Gasteiger partial charge in [0.25, 0.3) is 0 Å². The first-order valence-electron chi connectivity index (χ1n) is 11.7.